The van der Waals surface area contributed by atoms with E-state index in [1.54, 1.807) is 9.80 Å². The number of rotatable bonds is 2. The third kappa shape index (κ3) is 2.97. The highest BCUT2D eigenvalue weighted by Crippen LogP contribution is 2.33. The van der Waals surface area contributed by atoms with Crippen LogP contribution in [0.25, 0.3) is 0 Å². The van der Waals surface area contributed by atoms with Gasteiger partial charge in [-0.25, -0.2) is 0 Å². The van der Waals surface area contributed by atoms with E-state index in [0.717, 1.165) is 32.4 Å². The van der Waals surface area contributed by atoms with Crippen molar-refractivity contribution in [2.24, 2.45) is 5.92 Å². The van der Waals surface area contributed by atoms with Crippen LogP contribution in [0.5, 0.6) is 0 Å². The van der Waals surface area contributed by atoms with E-state index < -0.39 is 0 Å². The smallest absolute Gasteiger partial charge is 0.241 e. The van der Waals surface area contributed by atoms with Crippen LogP contribution >= 0.6 is 0 Å². The predicted octanol–water partition coefficient (Wildman–Crippen LogP) is 0.598. The van der Waals surface area contributed by atoms with Crippen molar-refractivity contribution in [1.29, 1.82) is 0 Å². The number of amides is 2. The molecule has 20 heavy (non-hydrogen) atoms. The van der Waals surface area contributed by atoms with Gasteiger partial charge in [0.05, 0.1) is 6.54 Å². The Kier molecular flexibility index (Phi) is 3.96. The summed E-state index contributed by atoms with van der Waals surface area (Å²) in [5.74, 6) is 0.763. The molecule has 0 aliphatic carbocycles. The summed E-state index contributed by atoms with van der Waals surface area (Å²) >= 11 is 0. The van der Waals surface area contributed by atoms with Crippen molar-refractivity contribution in [2.45, 2.75) is 50.6 Å². The Morgan fingerprint density at radius 3 is 2.65 bits per heavy atom. The van der Waals surface area contributed by atoms with Gasteiger partial charge >= 0.3 is 0 Å². The van der Waals surface area contributed by atoms with Crippen LogP contribution in [0, 0.1) is 5.92 Å². The maximum atomic E-state index is 12.4. The zero-order valence-corrected chi connectivity index (χ0v) is 12.3. The lowest BCUT2D eigenvalue weighted by Crippen LogP contribution is -2.42. The summed E-state index contributed by atoms with van der Waals surface area (Å²) in [5, 5.41) is 3.61. The first-order valence-corrected chi connectivity index (χ1v) is 7.89. The molecule has 1 N–H and O–H groups in total. The Bertz CT molecular complexity index is 387. The average Bonchev–Trinajstić information content (AvgIpc) is 2.66. The Labute approximate surface area is 120 Å². The summed E-state index contributed by atoms with van der Waals surface area (Å²) in [6, 6.07) is 1.26. The van der Waals surface area contributed by atoms with E-state index in [1.807, 2.05) is 7.05 Å². The normalized spacial score (nSPS) is 34.2. The highest BCUT2D eigenvalue weighted by molar-refractivity contribution is 5.85. The number of hydrogen-bond acceptors (Lipinski definition) is 3. The molecule has 3 rings (SSSR count). The fraction of sp³-hybridized carbons (Fsp3) is 0.867. The van der Waals surface area contributed by atoms with Gasteiger partial charge in [0.2, 0.25) is 11.8 Å². The first-order chi connectivity index (χ1) is 9.61. The van der Waals surface area contributed by atoms with E-state index in [0.29, 0.717) is 24.4 Å². The number of piperidine rings is 1. The van der Waals surface area contributed by atoms with Crippen LogP contribution in [-0.4, -0.2) is 60.4 Å². The summed E-state index contributed by atoms with van der Waals surface area (Å²) in [4.78, 5) is 27.8. The summed E-state index contributed by atoms with van der Waals surface area (Å²) in [5.41, 5.74) is 0. The summed E-state index contributed by atoms with van der Waals surface area (Å²) in [6.45, 7) is 1.76. The van der Waals surface area contributed by atoms with Gasteiger partial charge in [0.25, 0.3) is 0 Å². The largest absolute Gasteiger partial charge is 0.344 e. The first kappa shape index (κ1) is 13.9. The maximum Gasteiger partial charge on any atom is 0.241 e. The lowest BCUT2D eigenvalue weighted by atomic mass is 9.89. The monoisotopic (exact) mass is 279 g/mol. The van der Waals surface area contributed by atoms with Crippen molar-refractivity contribution in [1.82, 2.24) is 15.1 Å². The highest BCUT2D eigenvalue weighted by Gasteiger charge is 2.35. The molecule has 0 saturated carbocycles. The quantitative estimate of drug-likeness (QED) is 0.805. The van der Waals surface area contributed by atoms with Crippen molar-refractivity contribution >= 4 is 11.8 Å². The third-order valence-corrected chi connectivity index (χ3v) is 5.06. The van der Waals surface area contributed by atoms with Gasteiger partial charge in [-0.15, -0.1) is 0 Å². The van der Waals surface area contributed by atoms with Crippen LogP contribution in [0.4, 0.5) is 0 Å². The molecule has 3 saturated heterocycles. The SMILES string of the molecule is CN1CCCN(C(=O)CC2CC3CCC(C2)N3)CC1=O. The minimum absolute atomic E-state index is 0.0706. The van der Waals surface area contributed by atoms with Gasteiger partial charge in [-0.05, 0) is 38.0 Å². The van der Waals surface area contributed by atoms with E-state index in [9.17, 15) is 9.59 Å². The number of nitrogens with zero attached hydrogens (tertiary/aromatic N) is 2. The molecule has 3 aliphatic rings. The number of nitrogens with one attached hydrogen (secondary N) is 1. The Morgan fingerprint density at radius 1 is 1.25 bits per heavy atom. The molecule has 5 nitrogen and oxygen atoms in total. The molecule has 0 aromatic heterocycles. The molecule has 3 heterocycles. The molecule has 0 spiro atoms. The molecule has 3 aliphatic heterocycles. The number of fused-ring (bicyclic) bond motifs is 2. The number of carbonyl (C=O) groups is 2. The second-order valence-corrected chi connectivity index (χ2v) is 6.66. The van der Waals surface area contributed by atoms with E-state index in [2.05, 4.69) is 5.32 Å². The number of likely N-dealkylation sites (N-methyl/N-ethyl adjacent to an activating group) is 1. The van der Waals surface area contributed by atoms with Crippen LogP contribution in [0.3, 0.4) is 0 Å². The fourth-order valence-electron chi connectivity index (χ4n) is 3.92. The van der Waals surface area contributed by atoms with Crippen molar-refractivity contribution < 1.29 is 9.59 Å². The van der Waals surface area contributed by atoms with Crippen molar-refractivity contribution in [3.8, 4) is 0 Å². The third-order valence-electron chi connectivity index (χ3n) is 5.06. The molecule has 2 atom stereocenters. The molecular formula is C15H25N3O2. The lowest BCUT2D eigenvalue weighted by molar-refractivity contribution is -0.138. The Hall–Kier alpha value is -1.10. The van der Waals surface area contributed by atoms with Crippen LogP contribution in [0.1, 0.15) is 38.5 Å². The van der Waals surface area contributed by atoms with Gasteiger partial charge in [-0.3, -0.25) is 9.59 Å². The van der Waals surface area contributed by atoms with Crippen molar-refractivity contribution in [3.05, 3.63) is 0 Å². The van der Waals surface area contributed by atoms with E-state index in [1.165, 1.54) is 12.8 Å². The minimum Gasteiger partial charge on any atom is -0.344 e. The topological polar surface area (TPSA) is 52.6 Å². The van der Waals surface area contributed by atoms with Gasteiger partial charge in [0.1, 0.15) is 0 Å². The Morgan fingerprint density at radius 2 is 1.95 bits per heavy atom. The molecule has 2 amide bonds. The van der Waals surface area contributed by atoms with Gasteiger partial charge < -0.3 is 15.1 Å². The van der Waals surface area contributed by atoms with Gasteiger partial charge in [0.15, 0.2) is 0 Å². The average molecular weight is 279 g/mol. The zero-order valence-electron chi connectivity index (χ0n) is 12.3. The first-order valence-electron chi connectivity index (χ1n) is 7.89. The van der Waals surface area contributed by atoms with Crippen LogP contribution in [0.2, 0.25) is 0 Å². The van der Waals surface area contributed by atoms with Crippen LogP contribution in [0.15, 0.2) is 0 Å². The summed E-state index contributed by atoms with van der Waals surface area (Å²) in [6.07, 6.45) is 6.32. The second-order valence-electron chi connectivity index (χ2n) is 6.66. The number of carbonyl (C=O) groups excluding carboxylic acids is 2. The van der Waals surface area contributed by atoms with E-state index >= 15 is 0 Å². The summed E-state index contributed by atoms with van der Waals surface area (Å²) in [7, 11) is 1.82. The molecule has 0 radical (unpaired) electrons. The summed E-state index contributed by atoms with van der Waals surface area (Å²) < 4.78 is 0. The second kappa shape index (κ2) is 5.72. The van der Waals surface area contributed by atoms with Gasteiger partial charge in [0, 0.05) is 38.6 Å². The maximum absolute atomic E-state index is 12.4. The zero-order chi connectivity index (χ0) is 14.1. The molecule has 0 aromatic rings. The van der Waals surface area contributed by atoms with Crippen LogP contribution in [-0.2, 0) is 9.59 Å². The molecular weight excluding hydrogens is 254 g/mol. The lowest BCUT2D eigenvalue weighted by Gasteiger charge is -2.30. The minimum atomic E-state index is 0.0706. The molecule has 2 bridgehead atoms. The number of hydrogen-bond donors (Lipinski definition) is 1. The predicted molar refractivity (Wildman–Crippen MR) is 76.1 cm³/mol. The van der Waals surface area contributed by atoms with E-state index in [-0.39, 0.29) is 18.4 Å². The van der Waals surface area contributed by atoms with Gasteiger partial charge in [-0.1, -0.05) is 0 Å². The standard InChI is InChI=1S/C15H25N3O2/c1-17-5-2-6-18(10-15(17)20)14(19)9-11-7-12-3-4-13(8-11)16-12/h11-13,16H,2-10H2,1H3. The highest BCUT2D eigenvalue weighted by atomic mass is 16.2. The molecule has 3 fully saturated rings. The van der Waals surface area contributed by atoms with Crippen molar-refractivity contribution in [2.75, 3.05) is 26.7 Å². The van der Waals surface area contributed by atoms with Gasteiger partial charge in [-0.2, -0.15) is 0 Å². The Balaban J connectivity index is 1.54. The molecule has 5 heteroatoms. The molecule has 0 aromatic carbocycles. The molecule has 2 unspecified atom stereocenters. The van der Waals surface area contributed by atoms with E-state index in [4.69, 9.17) is 0 Å². The van der Waals surface area contributed by atoms with Crippen LogP contribution < -0.4 is 5.32 Å². The fourth-order valence-corrected chi connectivity index (χ4v) is 3.92. The van der Waals surface area contributed by atoms with Crippen molar-refractivity contribution in [3.63, 3.8) is 0 Å². The molecule has 112 valence electrons.